The van der Waals surface area contributed by atoms with E-state index in [1.165, 1.54) is 6.07 Å². The molecule has 3 aromatic rings. The lowest BCUT2D eigenvalue weighted by Gasteiger charge is -2.50. The molecule has 5 nitrogen and oxygen atoms in total. The van der Waals surface area contributed by atoms with Crippen LogP contribution in [0.15, 0.2) is 60.7 Å². The topological polar surface area (TPSA) is 56.8 Å². The lowest BCUT2D eigenvalue weighted by atomic mass is 9.58. The first-order valence-electron chi connectivity index (χ1n) is 11.9. The predicted molar refractivity (Wildman–Crippen MR) is 128 cm³/mol. The summed E-state index contributed by atoms with van der Waals surface area (Å²) < 4.78 is 68.8. The van der Waals surface area contributed by atoms with Gasteiger partial charge in [0.15, 0.2) is 11.6 Å². The second-order valence-corrected chi connectivity index (χ2v) is 9.67. The summed E-state index contributed by atoms with van der Waals surface area (Å²) in [6.45, 7) is 5.98. The van der Waals surface area contributed by atoms with Crippen LogP contribution in [0.3, 0.4) is 0 Å². The van der Waals surface area contributed by atoms with Crippen LogP contribution >= 0.6 is 0 Å². The number of ether oxygens (including phenoxy) is 3. The van der Waals surface area contributed by atoms with E-state index in [0.29, 0.717) is 34.9 Å². The largest absolute Gasteiger partial charge is 0.573 e. The molecular weight excluding hydrogens is 490 g/mol. The lowest BCUT2D eigenvalue weighted by molar-refractivity contribution is -0.275. The molecule has 2 aliphatic rings. The van der Waals surface area contributed by atoms with Gasteiger partial charge in [-0.15, -0.1) is 13.2 Å². The van der Waals surface area contributed by atoms with Gasteiger partial charge >= 0.3 is 6.36 Å². The average molecular weight is 516 g/mol. The van der Waals surface area contributed by atoms with Crippen LogP contribution in [0, 0.1) is 11.7 Å². The summed E-state index contributed by atoms with van der Waals surface area (Å²) in [5.41, 5.74) is 0.185. The summed E-state index contributed by atoms with van der Waals surface area (Å²) in [7, 11) is 0. The Morgan fingerprint density at radius 2 is 1.78 bits per heavy atom. The number of anilines is 1. The highest BCUT2D eigenvalue weighted by molar-refractivity contribution is 6.09. The van der Waals surface area contributed by atoms with Crippen molar-refractivity contribution in [2.24, 2.45) is 5.92 Å². The van der Waals surface area contributed by atoms with Crippen LogP contribution in [0.1, 0.15) is 37.5 Å². The van der Waals surface area contributed by atoms with E-state index in [2.05, 4.69) is 10.1 Å². The second kappa shape index (κ2) is 8.68. The molecule has 1 unspecified atom stereocenters. The molecule has 0 fully saturated rings. The molecule has 0 aliphatic carbocycles. The van der Waals surface area contributed by atoms with Crippen LogP contribution in [0.2, 0.25) is 0 Å². The monoisotopic (exact) mass is 515 g/mol. The number of alkyl halides is 3. The van der Waals surface area contributed by atoms with Crippen molar-refractivity contribution in [3.63, 3.8) is 0 Å². The molecule has 194 valence electrons. The number of fused-ring (bicyclic) bond motifs is 4. The Morgan fingerprint density at radius 3 is 2.51 bits per heavy atom. The highest BCUT2D eigenvalue weighted by Gasteiger charge is 2.62. The molecule has 2 aliphatic heterocycles. The number of benzene rings is 3. The van der Waals surface area contributed by atoms with E-state index >= 15 is 0 Å². The Morgan fingerprint density at radius 1 is 1.03 bits per heavy atom. The van der Waals surface area contributed by atoms with Gasteiger partial charge in [0, 0.05) is 23.2 Å². The minimum absolute atomic E-state index is 0.107. The van der Waals surface area contributed by atoms with Gasteiger partial charge in [0.25, 0.3) is 0 Å². The minimum atomic E-state index is -5.05. The van der Waals surface area contributed by atoms with Gasteiger partial charge in [0.05, 0.1) is 6.61 Å². The zero-order valence-corrected chi connectivity index (χ0v) is 20.4. The molecule has 1 N–H and O–H groups in total. The van der Waals surface area contributed by atoms with Crippen molar-refractivity contribution >= 4 is 11.6 Å². The molecule has 0 bridgehead atoms. The SMILES string of the molecule is CCOc1ccc2c(c1)OC(C)(C)C(Cc1ccc(F)c(OC(F)(F)F)c1)[C@]21C(=O)Nc2ccccc21. The quantitative estimate of drug-likeness (QED) is 0.400. The molecule has 0 radical (unpaired) electrons. The van der Waals surface area contributed by atoms with Gasteiger partial charge in [-0.05, 0) is 62.6 Å². The number of nitrogens with one attached hydrogen (secondary N) is 1. The first-order chi connectivity index (χ1) is 17.5. The number of amides is 1. The van der Waals surface area contributed by atoms with Crippen molar-refractivity contribution in [1.29, 1.82) is 0 Å². The van der Waals surface area contributed by atoms with E-state index < -0.39 is 34.9 Å². The molecule has 37 heavy (non-hydrogen) atoms. The molecule has 0 saturated carbocycles. The maximum Gasteiger partial charge on any atom is 0.573 e. The molecule has 1 amide bonds. The number of carbonyl (C=O) groups excluding carboxylic acids is 1. The average Bonchev–Trinajstić information content (AvgIpc) is 3.10. The van der Waals surface area contributed by atoms with Gasteiger partial charge in [-0.2, -0.15) is 0 Å². The Hall–Kier alpha value is -3.75. The number of rotatable bonds is 5. The summed E-state index contributed by atoms with van der Waals surface area (Å²) in [5.74, 6) is -1.84. The van der Waals surface area contributed by atoms with Gasteiger partial charge in [-0.1, -0.05) is 30.3 Å². The summed E-state index contributed by atoms with van der Waals surface area (Å²) in [6, 6.07) is 16.0. The van der Waals surface area contributed by atoms with Gasteiger partial charge < -0.3 is 19.5 Å². The van der Waals surface area contributed by atoms with Crippen molar-refractivity contribution in [3.05, 3.63) is 83.2 Å². The third-order valence-electron chi connectivity index (χ3n) is 7.04. The van der Waals surface area contributed by atoms with Gasteiger partial charge in [0.1, 0.15) is 22.5 Å². The van der Waals surface area contributed by atoms with Crippen LogP contribution in [-0.4, -0.2) is 24.5 Å². The molecule has 0 aromatic heterocycles. The maximum atomic E-state index is 14.2. The number of halogens is 4. The number of carbonyl (C=O) groups is 1. The normalized spacial score (nSPS) is 21.6. The number of hydrogen-bond acceptors (Lipinski definition) is 4. The van der Waals surface area contributed by atoms with Crippen LogP contribution in [0.4, 0.5) is 23.2 Å². The molecule has 3 aromatic carbocycles. The fourth-order valence-corrected chi connectivity index (χ4v) is 5.64. The Balaban J connectivity index is 1.69. The van der Waals surface area contributed by atoms with E-state index in [9.17, 15) is 22.4 Å². The third-order valence-corrected chi connectivity index (χ3v) is 7.04. The van der Waals surface area contributed by atoms with Crippen molar-refractivity contribution in [3.8, 4) is 17.2 Å². The van der Waals surface area contributed by atoms with Gasteiger partial charge in [-0.3, -0.25) is 4.79 Å². The highest BCUT2D eigenvalue weighted by atomic mass is 19.4. The summed E-state index contributed by atoms with van der Waals surface area (Å²) >= 11 is 0. The van der Waals surface area contributed by atoms with Crippen LogP contribution in [0.25, 0.3) is 0 Å². The zero-order chi connectivity index (χ0) is 26.6. The Labute approximate surface area is 211 Å². The summed E-state index contributed by atoms with van der Waals surface area (Å²) in [4.78, 5) is 13.9. The minimum Gasteiger partial charge on any atom is -0.494 e. The van der Waals surface area contributed by atoms with E-state index in [-0.39, 0.29) is 12.3 Å². The van der Waals surface area contributed by atoms with E-state index in [4.69, 9.17) is 9.47 Å². The first kappa shape index (κ1) is 24.9. The molecule has 0 saturated heterocycles. The third kappa shape index (κ3) is 4.16. The Kier molecular flexibility index (Phi) is 5.84. The first-order valence-corrected chi connectivity index (χ1v) is 11.9. The zero-order valence-electron chi connectivity index (χ0n) is 20.4. The molecule has 1 spiro atoms. The van der Waals surface area contributed by atoms with E-state index in [1.54, 1.807) is 18.2 Å². The smallest absolute Gasteiger partial charge is 0.494 e. The van der Waals surface area contributed by atoms with Gasteiger partial charge in [-0.25, -0.2) is 4.39 Å². The molecule has 9 heteroatoms. The van der Waals surface area contributed by atoms with E-state index in [0.717, 1.165) is 17.7 Å². The van der Waals surface area contributed by atoms with Gasteiger partial charge in [0.2, 0.25) is 5.91 Å². The summed E-state index contributed by atoms with van der Waals surface area (Å²) in [5, 5.41) is 2.98. The standard InChI is InChI=1S/C28H25F4NO4/c1-4-35-17-10-11-19-22(15-17)36-26(2,3)24(27(19)18-7-5-6-8-21(18)33-25(27)34)14-16-9-12-20(29)23(13-16)37-28(30,31)32/h5-13,15,24H,4,14H2,1-3H3,(H,33,34)/t24?,27-/m1/s1. The van der Waals surface area contributed by atoms with Crippen molar-refractivity contribution in [1.82, 2.24) is 0 Å². The summed E-state index contributed by atoms with van der Waals surface area (Å²) in [6.07, 6.45) is -4.94. The molecular formula is C28H25F4NO4. The molecule has 5 rings (SSSR count). The van der Waals surface area contributed by atoms with Crippen LogP contribution in [0.5, 0.6) is 17.2 Å². The Bertz CT molecular complexity index is 1370. The number of para-hydroxylation sites is 1. The van der Waals surface area contributed by atoms with Crippen molar-refractivity contribution in [2.45, 2.75) is 44.6 Å². The fraction of sp³-hybridized carbons (Fsp3) is 0.321. The molecule has 2 heterocycles. The van der Waals surface area contributed by atoms with E-state index in [1.807, 2.05) is 45.0 Å². The fourth-order valence-electron chi connectivity index (χ4n) is 5.64. The van der Waals surface area contributed by atoms with Crippen LogP contribution in [-0.2, 0) is 16.6 Å². The lowest BCUT2D eigenvalue weighted by Crippen LogP contribution is -2.58. The second-order valence-electron chi connectivity index (χ2n) is 9.67. The predicted octanol–water partition coefficient (Wildman–Crippen LogP) is 6.39. The van der Waals surface area contributed by atoms with Crippen LogP contribution < -0.4 is 19.5 Å². The molecule has 2 atom stereocenters. The van der Waals surface area contributed by atoms with Crippen molar-refractivity contribution in [2.75, 3.05) is 11.9 Å². The highest BCUT2D eigenvalue weighted by Crippen LogP contribution is 2.58. The maximum absolute atomic E-state index is 14.2. The van der Waals surface area contributed by atoms with Crippen molar-refractivity contribution < 1.29 is 36.6 Å². The number of hydrogen-bond donors (Lipinski definition) is 1.